The number of aryl methyl sites for hydroxylation is 1. The Labute approximate surface area is 131 Å². The summed E-state index contributed by atoms with van der Waals surface area (Å²) in [5.41, 5.74) is 2.13. The molecule has 0 saturated heterocycles. The van der Waals surface area contributed by atoms with E-state index in [1.165, 1.54) is 0 Å². The Morgan fingerprint density at radius 3 is 2.45 bits per heavy atom. The van der Waals surface area contributed by atoms with Gasteiger partial charge in [0.2, 0.25) is 0 Å². The summed E-state index contributed by atoms with van der Waals surface area (Å²) >= 11 is 9.37. The van der Waals surface area contributed by atoms with Crippen LogP contribution in [0.2, 0.25) is 5.02 Å². The maximum atomic E-state index is 12.5. The van der Waals surface area contributed by atoms with Gasteiger partial charge in [-0.05, 0) is 30.7 Å². The molecule has 0 saturated carbocycles. The van der Waals surface area contributed by atoms with Gasteiger partial charge in [-0.25, -0.2) is 0 Å². The van der Waals surface area contributed by atoms with E-state index in [2.05, 4.69) is 22.0 Å². The van der Waals surface area contributed by atoms with Gasteiger partial charge in [0.05, 0.1) is 11.1 Å². The van der Waals surface area contributed by atoms with Crippen molar-refractivity contribution in [2.24, 2.45) is 0 Å². The number of hydrogen-bond donors (Lipinski definition) is 0. The molecule has 0 amide bonds. The number of halogens is 2. The highest BCUT2D eigenvalue weighted by atomic mass is 79.9. The molecule has 100 valence electrons. The Morgan fingerprint density at radius 2 is 1.90 bits per heavy atom. The normalized spacial score (nSPS) is 11.7. The van der Waals surface area contributed by atoms with E-state index in [0.29, 0.717) is 16.1 Å². The smallest absolute Gasteiger partial charge is 0.185 e. The van der Waals surface area contributed by atoms with Crippen LogP contribution < -0.4 is 0 Å². The Bertz CT molecular complexity index is 689. The van der Waals surface area contributed by atoms with E-state index < -0.39 is 5.92 Å². The summed E-state index contributed by atoms with van der Waals surface area (Å²) in [7, 11) is 0. The van der Waals surface area contributed by atoms with Crippen LogP contribution in [0.1, 0.15) is 27.4 Å². The predicted octanol–water partition coefficient (Wildman–Crippen LogP) is 4.90. The zero-order valence-electron chi connectivity index (χ0n) is 10.7. The average Bonchev–Trinajstić information content (AvgIpc) is 2.41. The van der Waals surface area contributed by atoms with E-state index in [9.17, 15) is 10.1 Å². The molecule has 0 aromatic heterocycles. The molecule has 20 heavy (non-hydrogen) atoms. The molecule has 0 N–H and O–H groups in total. The molecule has 2 aromatic carbocycles. The summed E-state index contributed by atoms with van der Waals surface area (Å²) in [4.78, 5) is 12.5. The summed E-state index contributed by atoms with van der Waals surface area (Å²) in [5, 5.41) is 9.65. The van der Waals surface area contributed by atoms with Crippen molar-refractivity contribution in [1.29, 1.82) is 5.26 Å². The summed E-state index contributed by atoms with van der Waals surface area (Å²) in [6.07, 6.45) is 0. The second-order valence-corrected chi connectivity index (χ2v) is 5.78. The van der Waals surface area contributed by atoms with E-state index in [1.54, 1.807) is 30.3 Å². The van der Waals surface area contributed by atoms with Crippen LogP contribution in [0.3, 0.4) is 0 Å². The highest BCUT2D eigenvalue weighted by Crippen LogP contribution is 2.27. The Balaban J connectivity index is 2.39. The number of hydrogen-bond acceptors (Lipinski definition) is 2. The second kappa shape index (κ2) is 6.21. The van der Waals surface area contributed by atoms with E-state index in [1.807, 2.05) is 19.1 Å². The van der Waals surface area contributed by atoms with Crippen LogP contribution in [0.25, 0.3) is 0 Å². The number of carbonyl (C=O) groups excluding carboxylic acids is 1. The molecule has 0 radical (unpaired) electrons. The average molecular weight is 349 g/mol. The third-order valence-electron chi connectivity index (χ3n) is 3.00. The lowest BCUT2D eigenvalue weighted by Gasteiger charge is -2.10. The number of nitriles is 1. The second-order valence-electron chi connectivity index (χ2n) is 4.46. The first kappa shape index (κ1) is 14.8. The zero-order chi connectivity index (χ0) is 14.7. The minimum Gasteiger partial charge on any atom is -0.292 e. The SMILES string of the molecule is Cc1ccc(C(C#N)C(=O)c2ccc(Br)cc2Cl)cc1. The van der Waals surface area contributed by atoms with Crippen LogP contribution in [0.5, 0.6) is 0 Å². The first-order valence-electron chi connectivity index (χ1n) is 5.98. The number of Topliss-reactive ketones (excluding diaryl/α,β-unsaturated/α-hetero) is 1. The fourth-order valence-electron chi connectivity index (χ4n) is 1.89. The molecule has 4 heteroatoms. The van der Waals surface area contributed by atoms with Crippen LogP contribution in [0.4, 0.5) is 0 Å². The molecule has 0 aliphatic carbocycles. The molecular formula is C16H11BrClNO. The summed E-state index contributed by atoms with van der Waals surface area (Å²) in [6.45, 7) is 1.96. The van der Waals surface area contributed by atoms with Crippen molar-refractivity contribution in [2.75, 3.05) is 0 Å². The van der Waals surface area contributed by atoms with Gasteiger partial charge in [0.15, 0.2) is 5.78 Å². The number of rotatable bonds is 3. The van der Waals surface area contributed by atoms with Gasteiger partial charge in [0, 0.05) is 10.0 Å². The summed E-state index contributed by atoms with van der Waals surface area (Å²) in [6, 6.07) is 14.4. The lowest BCUT2D eigenvalue weighted by Crippen LogP contribution is -2.11. The zero-order valence-corrected chi connectivity index (χ0v) is 13.1. The van der Waals surface area contributed by atoms with Crippen molar-refractivity contribution < 1.29 is 4.79 Å². The van der Waals surface area contributed by atoms with Crippen molar-refractivity contribution in [3.05, 3.63) is 68.7 Å². The molecule has 0 fully saturated rings. The van der Waals surface area contributed by atoms with Crippen molar-refractivity contribution in [3.63, 3.8) is 0 Å². The van der Waals surface area contributed by atoms with Gasteiger partial charge in [-0.3, -0.25) is 4.79 Å². The maximum absolute atomic E-state index is 12.5. The minimum atomic E-state index is -0.839. The van der Waals surface area contributed by atoms with Crippen molar-refractivity contribution in [2.45, 2.75) is 12.8 Å². The van der Waals surface area contributed by atoms with Gasteiger partial charge < -0.3 is 0 Å². The van der Waals surface area contributed by atoms with Crippen LogP contribution in [0, 0.1) is 18.3 Å². The van der Waals surface area contributed by atoms with E-state index in [-0.39, 0.29) is 5.78 Å². The van der Waals surface area contributed by atoms with E-state index in [0.717, 1.165) is 10.0 Å². The van der Waals surface area contributed by atoms with Gasteiger partial charge in [0.25, 0.3) is 0 Å². The lowest BCUT2D eigenvalue weighted by atomic mass is 9.91. The molecule has 0 heterocycles. The third-order valence-corrected chi connectivity index (χ3v) is 3.80. The Hall–Kier alpha value is -1.63. The largest absolute Gasteiger partial charge is 0.292 e. The third kappa shape index (κ3) is 3.09. The van der Waals surface area contributed by atoms with Crippen LogP contribution >= 0.6 is 27.5 Å². The Kier molecular flexibility index (Phi) is 4.59. The first-order chi connectivity index (χ1) is 9.52. The molecule has 0 aliphatic rings. The van der Waals surface area contributed by atoms with E-state index >= 15 is 0 Å². The van der Waals surface area contributed by atoms with Gasteiger partial charge in [-0.1, -0.05) is 57.4 Å². The topological polar surface area (TPSA) is 40.9 Å². The molecule has 1 atom stereocenters. The Morgan fingerprint density at radius 1 is 1.25 bits per heavy atom. The minimum absolute atomic E-state index is 0.283. The molecule has 2 rings (SSSR count). The molecule has 1 unspecified atom stereocenters. The van der Waals surface area contributed by atoms with Crippen molar-refractivity contribution >= 4 is 33.3 Å². The fraction of sp³-hybridized carbons (Fsp3) is 0.125. The number of benzene rings is 2. The van der Waals surface area contributed by atoms with Crippen molar-refractivity contribution in [1.82, 2.24) is 0 Å². The summed E-state index contributed by atoms with van der Waals surface area (Å²) < 4.78 is 0.794. The molecule has 2 nitrogen and oxygen atoms in total. The van der Waals surface area contributed by atoms with Gasteiger partial charge >= 0.3 is 0 Å². The molecule has 0 bridgehead atoms. The highest BCUT2D eigenvalue weighted by molar-refractivity contribution is 9.10. The van der Waals surface area contributed by atoms with Crippen LogP contribution in [-0.4, -0.2) is 5.78 Å². The lowest BCUT2D eigenvalue weighted by molar-refractivity contribution is 0.0979. The maximum Gasteiger partial charge on any atom is 0.185 e. The summed E-state index contributed by atoms with van der Waals surface area (Å²) in [5.74, 6) is -1.12. The predicted molar refractivity (Wildman–Crippen MR) is 83.0 cm³/mol. The molecule has 0 spiro atoms. The highest BCUT2D eigenvalue weighted by Gasteiger charge is 2.23. The number of nitrogens with zero attached hydrogens (tertiary/aromatic N) is 1. The van der Waals surface area contributed by atoms with Crippen LogP contribution in [-0.2, 0) is 0 Å². The van der Waals surface area contributed by atoms with Crippen molar-refractivity contribution in [3.8, 4) is 6.07 Å². The van der Waals surface area contributed by atoms with Gasteiger partial charge in [-0.15, -0.1) is 0 Å². The van der Waals surface area contributed by atoms with E-state index in [4.69, 9.17) is 11.6 Å². The van der Waals surface area contributed by atoms with Gasteiger partial charge in [0.1, 0.15) is 5.92 Å². The quantitative estimate of drug-likeness (QED) is 0.740. The molecule has 0 aliphatic heterocycles. The number of ketones is 1. The molecule has 2 aromatic rings. The fourth-order valence-corrected chi connectivity index (χ4v) is 2.65. The first-order valence-corrected chi connectivity index (χ1v) is 7.15. The monoisotopic (exact) mass is 347 g/mol. The van der Waals surface area contributed by atoms with Gasteiger partial charge in [-0.2, -0.15) is 5.26 Å². The standard InChI is InChI=1S/C16H11BrClNO/c1-10-2-4-11(5-3-10)14(9-19)16(20)13-7-6-12(17)8-15(13)18/h2-8,14H,1H3. The molecular weight excluding hydrogens is 338 g/mol. The number of carbonyl (C=O) groups is 1. The van der Waals surface area contributed by atoms with Crippen LogP contribution in [0.15, 0.2) is 46.9 Å².